The van der Waals surface area contributed by atoms with E-state index < -0.39 is 54.4 Å². The van der Waals surface area contributed by atoms with Gasteiger partial charge >= 0.3 is 17.9 Å². The van der Waals surface area contributed by atoms with E-state index >= 15 is 0 Å². The van der Waals surface area contributed by atoms with Crippen LogP contribution in [0.25, 0.3) is 0 Å². The van der Waals surface area contributed by atoms with Gasteiger partial charge in [-0.2, -0.15) is 5.10 Å². The van der Waals surface area contributed by atoms with Gasteiger partial charge in [-0.3, -0.25) is 19.2 Å². The summed E-state index contributed by atoms with van der Waals surface area (Å²) in [5.74, 6) is -1.47. The normalized spacial score (nSPS) is 21.9. The molecule has 230 valence electrons. The van der Waals surface area contributed by atoms with Crippen LogP contribution < -0.4 is 10.1 Å². The lowest BCUT2D eigenvalue weighted by Crippen LogP contribution is -2.64. The van der Waals surface area contributed by atoms with Gasteiger partial charge in [0.05, 0.1) is 5.02 Å². The molecule has 1 fully saturated rings. The maximum absolute atomic E-state index is 12.4. The van der Waals surface area contributed by atoms with Crippen LogP contribution in [0.3, 0.4) is 0 Å². The number of ether oxygens (including phenoxy) is 5. The first-order chi connectivity index (χ1) is 19.8. The molecule has 0 aliphatic carbocycles. The first kappa shape index (κ1) is 33.0. The highest BCUT2D eigenvalue weighted by molar-refractivity contribution is 7.71. The highest BCUT2D eigenvalue weighted by atomic mass is 35.5. The number of amides is 1. The Morgan fingerprint density at radius 1 is 1.05 bits per heavy atom. The zero-order valence-corrected chi connectivity index (χ0v) is 25.8. The Morgan fingerprint density at radius 2 is 1.69 bits per heavy atom. The topological polar surface area (TPSA) is 149 Å². The van der Waals surface area contributed by atoms with E-state index in [1.54, 1.807) is 28.8 Å². The van der Waals surface area contributed by atoms with Crippen molar-refractivity contribution in [2.45, 2.75) is 85.3 Å². The first-order valence-corrected chi connectivity index (χ1v) is 14.0. The number of nitrogens with zero attached hydrogens (tertiary/aromatic N) is 3. The Labute approximate surface area is 253 Å². The fourth-order valence-corrected chi connectivity index (χ4v) is 5.01. The number of benzene rings is 1. The molecule has 13 nitrogen and oxygen atoms in total. The summed E-state index contributed by atoms with van der Waals surface area (Å²) in [6.07, 6.45) is -4.79. The van der Waals surface area contributed by atoms with Gasteiger partial charge in [0.25, 0.3) is 0 Å². The van der Waals surface area contributed by atoms with E-state index in [1.807, 2.05) is 13.8 Å². The van der Waals surface area contributed by atoms with Crippen molar-refractivity contribution in [2.75, 3.05) is 6.61 Å². The van der Waals surface area contributed by atoms with Crippen LogP contribution in [0, 0.1) is 10.7 Å². The lowest BCUT2D eigenvalue weighted by atomic mass is 9.95. The fraction of sp³-hybridized carbons (Fsp3) is 0.556. The lowest BCUT2D eigenvalue weighted by Gasteiger charge is -2.45. The van der Waals surface area contributed by atoms with Gasteiger partial charge in [-0.15, -0.1) is 0 Å². The van der Waals surface area contributed by atoms with E-state index in [0.717, 1.165) is 0 Å². The van der Waals surface area contributed by atoms with Crippen LogP contribution in [-0.2, 0) is 51.3 Å². The summed E-state index contributed by atoms with van der Waals surface area (Å²) in [5, 5.41) is 7.84. The summed E-state index contributed by atoms with van der Waals surface area (Å²) in [5.41, 5.74) is 0. The van der Waals surface area contributed by atoms with Gasteiger partial charge in [0.15, 0.2) is 29.0 Å². The molecule has 1 aliphatic rings. The number of nitrogens with one attached hydrogen (secondary N) is 1. The number of rotatable bonds is 11. The molecule has 0 spiro atoms. The average molecular weight is 627 g/mol. The highest BCUT2D eigenvalue weighted by Gasteiger charge is 2.52. The van der Waals surface area contributed by atoms with Crippen LogP contribution in [0.15, 0.2) is 24.3 Å². The molecule has 1 aromatic heterocycles. The SMILES string of the molecule is CC(=O)N[C@@H]1[C@@H](OC(C)=O)[C@H](OC(C)=O)[C@@H](COC(C)=O)O[C@H]1n1nc(COc2ccccc2Cl)n(CC(C)C)c1=S. The van der Waals surface area contributed by atoms with Crippen LogP contribution >= 0.6 is 23.8 Å². The molecule has 5 atom stereocenters. The van der Waals surface area contributed by atoms with E-state index in [4.69, 9.17) is 52.6 Å². The number of para-hydroxylation sites is 1. The maximum atomic E-state index is 12.4. The highest BCUT2D eigenvalue weighted by Crippen LogP contribution is 2.33. The zero-order chi connectivity index (χ0) is 31.1. The molecular formula is C27H35ClN4O9S. The zero-order valence-electron chi connectivity index (χ0n) is 24.2. The molecule has 42 heavy (non-hydrogen) atoms. The number of esters is 3. The van der Waals surface area contributed by atoms with Gasteiger partial charge in [0.2, 0.25) is 5.91 Å². The smallest absolute Gasteiger partial charge is 0.303 e. The van der Waals surface area contributed by atoms with Gasteiger partial charge in [-0.25, -0.2) is 4.68 Å². The van der Waals surface area contributed by atoms with Crippen molar-refractivity contribution in [1.82, 2.24) is 19.7 Å². The van der Waals surface area contributed by atoms with Crippen molar-refractivity contribution in [3.05, 3.63) is 39.9 Å². The number of aromatic nitrogens is 3. The minimum atomic E-state index is -1.26. The van der Waals surface area contributed by atoms with E-state index in [0.29, 0.717) is 23.1 Å². The molecule has 2 heterocycles. The van der Waals surface area contributed by atoms with E-state index in [-0.39, 0.29) is 23.9 Å². The molecule has 0 radical (unpaired) electrons. The molecule has 0 bridgehead atoms. The lowest BCUT2D eigenvalue weighted by molar-refractivity contribution is -0.239. The van der Waals surface area contributed by atoms with Crippen LogP contribution in [0.2, 0.25) is 5.02 Å². The monoisotopic (exact) mass is 626 g/mol. The fourth-order valence-electron chi connectivity index (χ4n) is 4.50. The van der Waals surface area contributed by atoms with Gasteiger partial charge in [-0.05, 0) is 30.3 Å². The predicted molar refractivity (Wildman–Crippen MR) is 151 cm³/mol. The summed E-state index contributed by atoms with van der Waals surface area (Å²) < 4.78 is 31.9. The van der Waals surface area contributed by atoms with E-state index in [2.05, 4.69) is 5.32 Å². The Hall–Kier alpha value is -3.49. The average Bonchev–Trinajstić information content (AvgIpc) is 3.18. The van der Waals surface area contributed by atoms with E-state index in [1.165, 1.54) is 32.4 Å². The third-order valence-electron chi connectivity index (χ3n) is 6.03. The second-order valence-electron chi connectivity index (χ2n) is 10.1. The number of carbonyl (C=O) groups is 4. The second-order valence-corrected chi connectivity index (χ2v) is 10.9. The van der Waals surface area contributed by atoms with Crippen molar-refractivity contribution in [3.8, 4) is 5.75 Å². The van der Waals surface area contributed by atoms with Crippen molar-refractivity contribution < 1.29 is 42.9 Å². The third-order valence-corrected chi connectivity index (χ3v) is 6.75. The summed E-state index contributed by atoms with van der Waals surface area (Å²) in [4.78, 5) is 48.3. The van der Waals surface area contributed by atoms with Crippen molar-refractivity contribution in [1.29, 1.82) is 0 Å². The van der Waals surface area contributed by atoms with Crippen LogP contribution in [-0.4, -0.2) is 69.1 Å². The Balaban J connectivity index is 2.13. The Morgan fingerprint density at radius 3 is 2.26 bits per heavy atom. The number of hydrogen-bond acceptors (Lipinski definition) is 11. The minimum Gasteiger partial charge on any atom is -0.484 e. The van der Waals surface area contributed by atoms with Gasteiger partial charge in [0.1, 0.15) is 31.1 Å². The summed E-state index contributed by atoms with van der Waals surface area (Å²) >= 11 is 12.1. The molecule has 1 saturated heterocycles. The van der Waals surface area contributed by atoms with Gasteiger partial charge in [0, 0.05) is 34.2 Å². The van der Waals surface area contributed by atoms with Crippen molar-refractivity contribution >= 4 is 47.6 Å². The minimum absolute atomic E-state index is 0.00899. The molecule has 2 aromatic rings. The Kier molecular flexibility index (Phi) is 11.5. The third kappa shape index (κ3) is 8.52. The number of carbonyl (C=O) groups excluding carboxylic acids is 4. The molecule has 1 aliphatic heterocycles. The van der Waals surface area contributed by atoms with Crippen LogP contribution in [0.4, 0.5) is 0 Å². The summed E-state index contributed by atoms with van der Waals surface area (Å²) in [7, 11) is 0. The molecule has 3 rings (SSSR count). The quantitative estimate of drug-likeness (QED) is 0.223. The molecular weight excluding hydrogens is 592 g/mol. The molecule has 1 N–H and O–H groups in total. The number of halogens is 1. The van der Waals surface area contributed by atoms with Crippen molar-refractivity contribution in [3.63, 3.8) is 0 Å². The van der Waals surface area contributed by atoms with Crippen LogP contribution in [0.5, 0.6) is 5.75 Å². The number of hydrogen-bond donors (Lipinski definition) is 1. The standard InChI is InChI=1S/C27H35ClN4O9S/c1-14(2)11-31-22(13-38-20-10-8-7-9-19(20)28)30-32(27(31)42)26-23(29-15(3)33)25(40-18(6)36)24(39-17(5)35)21(41-26)12-37-16(4)34/h7-10,14,21,23-26H,11-13H2,1-6H3,(H,29,33)/t21-,23-,24-,25-,26-/m1/s1. The predicted octanol–water partition coefficient (Wildman–Crippen LogP) is 3.13. The summed E-state index contributed by atoms with van der Waals surface area (Å²) in [6.45, 7) is 8.94. The van der Waals surface area contributed by atoms with E-state index in [9.17, 15) is 19.2 Å². The van der Waals surface area contributed by atoms with Crippen LogP contribution in [0.1, 0.15) is 53.6 Å². The largest absolute Gasteiger partial charge is 0.484 e. The maximum Gasteiger partial charge on any atom is 0.303 e. The molecule has 15 heteroatoms. The molecule has 0 saturated carbocycles. The van der Waals surface area contributed by atoms with Gasteiger partial charge < -0.3 is 33.6 Å². The van der Waals surface area contributed by atoms with Gasteiger partial charge in [-0.1, -0.05) is 37.6 Å². The second kappa shape index (κ2) is 14.6. The Bertz CT molecular complexity index is 1360. The summed E-state index contributed by atoms with van der Waals surface area (Å²) in [6, 6.07) is 5.86. The molecule has 0 unspecified atom stereocenters. The molecule has 1 amide bonds. The molecule has 1 aromatic carbocycles. The first-order valence-electron chi connectivity index (χ1n) is 13.2. The van der Waals surface area contributed by atoms with Crippen molar-refractivity contribution in [2.24, 2.45) is 5.92 Å².